The van der Waals surface area contributed by atoms with Gasteiger partial charge in [-0.1, -0.05) is 17.7 Å². The third-order valence-corrected chi connectivity index (χ3v) is 3.44. The Bertz CT molecular complexity index is 916. The molecule has 0 saturated carbocycles. The molecular formula is C18H16ClN3O6. The second-order valence-corrected chi connectivity index (χ2v) is 5.69. The van der Waals surface area contributed by atoms with Gasteiger partial charge in [-0.2, -0.15) is 5.10 Å². The molecule has 0 aliphatic rings. The SMILES string of the molecule is COc1cc(/C=N\NC(=O)C(=O)Nc2cccc(Cl)c2)ccc1OCC(=O)O. The van der Waals surface area contributed by atoms with Crippen LogP contribution in [0.4, 0.5) is 5.69 Å². The van der Waals surface area contributed by atoms with Gasteiger partial charge in [-0.3, -0.25) is 9.59 Å². The summed E-state index contributed by atoms with van der Waals surface area (Å²) < 4.78 is 10.2. The molecule has 0 aliphatic carbocycles. The number of anilines is 1. The number of methoxy groups -OCH3 is 1. The van der Waals surface area contributed by atoms with Crippen LogP contribution in [0.15, 0.2) is 47.6 Å². The number of aliphatic carboxylic acids is 1. The van der Waals surface area contributed by atoms with E-state index in [4.69, 9.17) is 26.2 Å². The number of amides is 2. The van der Waals surface area contributed by atoms with E-state index in [1.807, 2.05) is 0 Å². The lowest BCUT2D eigenvalue weighted by Gasteiger charge is -2.09. The van der Waals surface area contributed by atoms with Gasteiger partial charge >= 0.3 is 17.8 Å². The smallest absolute Gasteiger partial charge is 0.341 e. The number of carbonyl (C=O) groups excluding carboxylic acids is 2. The zero-order valence-corrected chi connectivity index (χ0v) is 15.4. The van der Waals surface area contributed by atoms with E-state index in [0.29, 0.717) is 16.3 Å². The van der Waals surface area contributed by atoms with Gasteiger partial charge in [0.25, 0.3) is 0 Å². The van der Waals surface area contributed by atoms with Gasteiger partial charge < -0.3 is 19.9 Å². The molecule has 146 valence electrons. The first-order chi connectivity index (χ1) is 13.4. The third kappa shape index (κ3) is 6.29. The minimum Gasteiger partial charge on any atom is -0.493 e. The van der Waals surface area contributed by atoms with Crippen molar-refractivity contribution in [2.24, 2.45) is 5.10 Å². The van der Waals surface area contributed by atoms with Crippen LogP contribution in [0.1, 0.15) is 5.56 Å². The molecule has 0 radical (unpaired) electrons. The molecule has 0 heterocycles. The van der Waals surface area contributed by atoms with E-state index in [-0.39, 0.29) is 11.5 Å². The van der Waals surface area contributed by atoms with Gasteiger partial charge in [-0.05, 0) is 42.0 Å². The Labute approximate surface area is 164 Å². The Morgan fingerprint density at radius 1 is 1.14 bits per heavy atom. The predicted octanol–water partition coefficient (Wildman–Crippen LogP) is 1.90. The van der Waals surface area contributed by atoms with Crippen LogP contribution in [-0.2, 0) is 14.4 Å². The summed E-state index contributed by atoms with van der Waals surface area (Å²) in [6.07, 6.45) is 1.29. The number of carboxylic acids is 1. The second-order valence-electron chi connectivity index (χ2n) is 5.26. The van der Waals surface area contributed by atoms with E-state index < -0.39 is 24.4 Å². The highest BCUT2D eigenvalue weighted by Crippen LogP contribution is 2.27. The van der Waals surface area contributed by atoms with E-state index in [0.717, 1.165) is 0 Å². The molecule has 0 spiro atoms. The average Bonchev–Trinajstić information content (AvgIpc) is 2.66. The fourth-order valence-corrected chi connectivity index (χ4v) is 2.18. The number of carbonyl (C=O) groups is 3. The number of halogens is 1. The van der Waals surface area contributed by atoms with Gasteiger partial charge in [-0.25, -0.2) is 10.2 Å². The summed E-state index contributed by atoms with van der Waals surface area (Å²) in [6, 6.07) is 10.9. The Morgan fingerprint density at radius 2 is 1.93 bits per heavy atom. The summed E-state index contributed by atoms with van der Waals surface area (Å²) in [7, 11) is 1.39. The van der Waals surface area contributed by atoms with Crippen LogP contribution in [-0.4, -0.2) is 42.8 Å². The van der Waals surface area contributed by atoms with Crippen LogP contribution in [0.2, 0.25) is 5.02 Å². The van der Waals surface area contributed by atoms with Crippen molar-refractivity contribution in [3.63, 3.8) is 0 Å². The lowest BCUT2D eigenvalue weighted by atomic mass is 10.2. The standard InChI is InChI=1S/C18H16ClN3O6/c1-27-15-7-11(5-6-14(15)28-10-16(23)24)9-20-22-18(26)17(25)21-13-4-2-3-12(19)8-13/h2-9H,10H2,1H3,(H,21,25)(H,22,26)(H,23,24)/b20-9-. The molecule has 2 aromatic carbocycles. The molecule has 0 aromatic heterocycles. The molecule has 0 atom stereocenters. The number of hydrogen-bond donors (Lipinski definition) is 3. The highest BCUT2D eigenvalue weighted by atomic mass is 35.5. The molecule has 0 fully saturated rings. The maximum Gasteiger partial charge on any atom is 0.341 e. The van der Waals surface area contributed by atoms with Crippen molar-refractivity contribution in [3.8, 4) is 11.5 Å². The van der Waals surface area contributed by atoms with Crippen molar-refractivity contribution in [3.05, 3.63) is 53.1 Å². The van der Waals surface area contributed by atoms with Gasteiger partial charge in [0, 0.05) is 10.7 Å². The number of hydrazone groups is 1. The minimum absolute atomic E-state index is 0.243. The molecule has 2 aromatic rings. The highest BCUT2D eigenvalue weighted by molar-refractivity contribution is 6.39. The molecule has 0 aliphatic heterocycles. The number of nitrogens with one attached hydrogen (secondary N) is 2. The lowest BCUT2D eigenvalue weighted by Crippen LogP contribution is -2.32. The molecule has 0 bridgehead atoms. The molecule has 28 heavy (non-hydrogen) atoms. The average molecular weight is 406 g/mol. The zero-order valence-electron chi connectivity index (χ0n) is 14.6. The molecule has 3 N–H and O–H groups in total. The molecule has 0 saturated heterocycles. The largest absolute Gasteiger partial charge is 0.493 e. The molecule has 9 nitrogen and oxygen atoms in total. The van der Waals surface area contributed by atoms with E-state index in [2.05, 4.69) is 15.8 Å². The maximum atomic E-state index is 11.8. The number of rotatable bonds is 7. The number of hydrogen-bond acceptors (Lipinski definition) is 6. The van der Waals surface area contributed by atoms with Crippen molar-refractivity contribution < 1.29 is 29.0 Å². The predicted molar refractivity (Wildman–Crippen MR) is 102 cm³/mol. The van der Waals surface area contributed by atoms with Crippen LogP contribution in [0.5, 0.6) is 11.5 Å². The summed E-state index contributed by atoms with van der Waals surface area (Å²) >= 11 is 5.81. The van der Waals surface area contributed by atoms with E-state index >= 15 is 0 Å². The lowest BCUT2D eigenvalue weighted by molar-refractivity contribution is -0.139. The fraction of sp³-hybridized carbons (Fsp3) is 0.111. The molecule has 2 rings (SSSR count). The van der Waals surface area contributed by atoms with Crippen molar-refractivity contribution >= 4 is 41.3 Å². The Balaban J connectivity index is 1.94. The first kappa shape index (κ1) is 20.7. The van der Waals surface area contributed by atoms with Crippen LogP contribution in [0.25, 0.3) is 0 Å². The summed E-state index contributed by atoms with van der Waals surface area (Å²) in [4.78, 5) is 34.2. The van der Waals surface area contributed by atoms with E-state index in [1.54, 1.807) is 24.3 Å². The highest BCUT2D eigenvalue weighted by Gasteiger charge is 2.13. The molecule has 2 amide bonds. The van der Waals surface area contributed by atoms with Gasteiger partial charge in [0.05, 0.1) is 13.3 Å². The van der Waals surface area contributed by atoms with Gasteiger partial charge in [-0.15, -0.1) is 0 Å². The Morgan fingerprint density at radius 3 is 2.61 bits per heavy atom. The number of nitrogens with zero attached hydrogens (tertiary/aromatic N) is 1. The third-order valence-electron chi connectivity index (χ3n) is 3.21. The molecular weight excluding hydrogens is 390 g/mol. The van der Waals surface area contributed by atoms with E-state index in [1.165, 1.54) is 31.5 Å². The number of ether oxygens (including phenoxy) is 2. The second kappa shape index (κ2) is 9.93. The van der Waals surface area contributed by atoms with Crippen molar-refractivity contribution in [1.82, 2.24) is 5.43 Å². The summed E-state index contributed by atoms with van der Waals surface area (Å²) in [6.45, 7) is -0.512. The first-order valence-corrected chi connectivity index (χ1v) is 8.19. The molecule has 0 unspecified atom stereocenters. The van der Waals surface area contributed by atoms with Crippen LogP contribution < -0.4 is 20.2 Å². The van der Waals surface area contributed by atoms with Crippen LogP contribution in [0, 0.1) is 0 Å². The number of carboxylic acid groups (broad SMARTS) is 1. The summed E-state index contributed by atoms with van der Waals surface area (Å²) in [5.41, 5.74) is 2.99. The normalized spacial score (nSPS) is 10.4. The number of benzene rings is 2. The van der Waals surface area contributed by atoms with Crippen molar-refractivity contribution in [2.45, 2.75) is 0 Å². The van der Waals surface area contributed by atoms with Crippen molar-refractivity contribution in [2.75, 3.05) is 19.0 Å². The quantitative estimate of drug-likeness (QED) is 0.367. The Kier molecular flexibility index (Phi) is 7.35. The topological polar surface area (TPSA) is 126 Å². The van der Waals surface area contributed by atoms with Gasteiger partial charge in [0.15, 0.2) is 18.1 Å². The summed E-state index contributed by atoms with van der Waals surface area (Å²) in [5.74, 6) is -2.47. The fourth-order valence-electron chi connectivity index (χ4n) is 1.99. The van der Waals surface area contributed by atoms with Crippen LogP contribution in [0.3, 0.4) is 0 Å². The van der Waals surface area contributed by atoms with E-state index in [9.17, 15) is 14.4 Å². The van der Waals surface area contributed by atoms with Gasteiger partial charge in [0.1, 0.15) is 0 Å². The summed E-state index contributed by atoms with van der Waals surface area (Å²) in [5, 5.41) is 15.1. The van der Waals surface area contributed by atoms with Crippen molar-refractivity contribution in [1.29, 1.82) is 0 Å². The monoisotopic (exact) mass is 405 g/mol. The first-order valence-electron chi connectivity index (χ1n) is 7.81. The Hall–Kier alpha value is -3.59. The molecule has 10 heteroatoms. The minimum atomic E-state index is -1.12. The zero-order chi connectivity index (χ0) is 20.5. The maximum absolute atomic E-state index is 11.8. The van der Waals surface area contributed by atoms with Gasteiger partial charge in [0.2, 0.25) is 0 Å². The van der Waals surface area contributed by atoms with Crippen LogP contribution >= 0.6 is 11.6 Å².